The van der Waals surface area contributed by atoms with Crippen LogP contribution in [0, 0.1) is 0 Å². The molecule has 26 heavy (non-hydrogen) atoms. The van der Waals surface area contributed by atoms with Gasteiger partial charge in [-0.1, -0.05) is 11.6 Å². The van der Waals surface area contributed by atoms with Crippen molar-refractivity contribution in [1.29, 1.82) is 0 Å². The van der Waals surface area contributed by atoms with Crippen molar-refractivity contribution in [1.82, 2.24) is 4.31 Å². The molecule has 0 spiro atoms. The van der Waals surface area contributed by atoms with E-state index >= 15 is 0 Å². The van der Waals surface area contributed by atoms with Crippen molar-refractivity contribution in [2.24, 2.45) is 0 Å². The molecular formula is C18H20ClN3O3S. The molecule has 0 saturated carbocycles. The summed E-state index contributed by atoms with van der Waals surface area (Å²) in [5.74, 6) is -0.112. The predicted molar refractivity (Wildman–Crippen MR) is 103 cm³/mol. The number of benzene rings is 2. The predicted octanol–water partition coefficient (Wildman–Crippen LogP) is 2.81. The summed E-state index contributed by atoms with van der Waals surface area (Å²) in [7, 11) is -3.50. The number of nitrogens with zero attached hydrogens (tertiary/aromatic N) is 2. The maximum Gasteiger partial charge on any atom is 0.243 e. The van der Waals surface area contributed by atoms with Gasteiger partial charge in [-0.25, -0.2) is 8.42 Å². The Balaban J connectivity index is 1.65. The Morgan fingerprint density at radius 3 is 2.08 bits per heavy atom. The van der Waals surface area contributed by atoms with E-state index in [1.54, 1.807) is 12.1 Å². The van der Waals surface area contributed by atoms with Crippen molar-refractivity contribution in [2.75, 3.05) is 36.4 Å². The minimum atomic E-state index is -3.50. The highest BCUT2D eigenvalue weighted by Crippen LogP contribution is 2.23. The number of rotatable bonds is 4. The van der Waals surface area contributed by atoms with Gasteiger partial charge >= 0.3 is 0 Å². The smallest absolute Gasteiger partial charge is 0.243 e. The van der Waals surface area contributed by atoms with Crippen LogP contribution in [-0.4, -0.2) is 44.8 Å². The van der Waals surface area contributed by atoms with Crippen LogP contribution in [0.3, 0.4) is 0 Å². The van der Waals surface area contributed by atoms with Crippen LogP contribution in [0.15, 0.2) is 53.4 Å². The van der Waals surface area contributed by atoms with E-state index in [-0.39, 0.29) is 10.8 Å². The number of sulfonamides is 1. The van der Waals surface area contributed by atoms with E-state index in [9.17, 15) is 13.2 Å². The Hall–Kier alpha value is -2.09. The fraction of sp³-hybridized carbons (Fsp3) is 0.278. The standard InChI is InChI=1S/C18H20ClN3O3S/c1-14(23)20-16-4-6-17(7-5-16)21-10-12-22(13-11-21)26(24,25)18-8-2-15(19)3-9-18/h2-9H,10-13H2,1H3,(H,20,23). The van der Waals surface area contributed by atoms with Crippen LogP contribution in [-0.2, 0) is 14.8 Å². The van der Waals surface area contributed by atoms with Crippen molar-refractivity contribution in [3.63, 3.8) is 0 Å². The molecule has 3 rings (SSSR count). The largest absolute Gasteiger partial charge is 0.369 e. The van der Waals surface area contributed by atoms with Crippen LogP contribution in [0.2, 0.25) is 5.02 Å². The van der Waals surface area contributed by atoms with Gasteiger partial charge in [-0.3, -0.25) is 4.79 Å². The molecule has 0 radical (unpaired) electrons. The molecule has 138 valence electrons. The number of carbonyl (C=O) groups excluding carboxylic acids is 1. The second kappa shape index (κ2) is 7.65. The van der Waals surface area contributed by atoms with Gasteiger partial charge in [0.1, 0.15) is 0 Å². The lowest BCUT2D eigenvalue weighted by Gasteiger charge is -2.35. The molecule has 1 amide bonds. The summed E-state index contributed by atoms with van der Waals surface area (Å²) in [6.45, 7) is 3.50. The Bertz CT molecular complexity index is 875. The van der Waals surface area contributed by atoms with Gasteiger partial charge in [0.25, 0.3) is 0 Å². The molecule has 2 aromatic carbocycles. The maximum atomic E-state index is 12.7. The molecule has 1 aliphatic heterocycles. The molecule has 1 saturated heterocycles. The number of amides is 1. The van der Waals surface area contributed by atoms with Crippen LogP contribution in [0.25, 0.3) is 0 Å². The first-order chi connectivity index (χ1) is 12.4. The quantitative estimate of drug-likeness (QED) is 0.867. The first kappa shape index (κ1) is 18.7. The number of nitrogens with one attached hydrogen (secondary N) is 1. The number of hydrogen-bond donors (Lipinski definition) is 1. The summed E-state index contributed by atoms with van der Waals surface area (Å²) in [6.07, 6.45) is 0. The third-order valence-corrected chi connectivity index (χ3v) is 6.41. The lowest BCUT2D eigenvalue weighted by Crippen LogP contribution is -2.48. The molecule has 1 fully saturated rings. The number of anilines is 2. The van der Waals surface area contributed by atoms with Crippen molar-refractivity contribution >= 4 is 38.9 Å². The summed E-state index contributed by atoms with van der Waals surface area (Å²) in [5.41, 5.74) is 1.74. The number of halogens is 1. The van der Waals surface area contributed by atoms with Crippen LogP contribution < -0.4 is 10.2 Å². The zero-order valence-corrected chi connectivity index (χ0v) is 15.9. The van der Waals surface area contributed by atoms with E-state index in [1.165, 1.54) is 23.4 Å². The van der Waals surface area contributed by atoms with Gasteiger partial charge in [-0.05, 0) is 48.5 Å². The van der Waals surface area contributed by atoms with Gasteiger partial charge < -0.3 is 10.2 Å². The zero-order chi connectivity index (χ0) is 18.7. The Morgan fingerprint density at radius 1 is 0.962 bits per heavy atom. The first-order valence-electron chi connectivity index (χ1n) is 8.24. The molecule has 0 bridgehead atoms. The molecule has 8 heteroatoms. The van der Waals surface area contributed by atoms with E-state index in [1.807, 2.05) is 24.3 Å². The van der Waals surface area contributed by atoms with Gasteiger partial charge in [0, 0.05) is 49.5 Å². The fourth-order valence-corrected chi connectivity index (χ4v) is 4.45. The number of hydrogen-bond acceptors (Lipinski definition) is 4. The molecule has 6 nitrogen and oxygen atoms in total. The molecule has 2 aromatic rings. The highest BCUT2D eigenvalue weighted by atomic mass is 35.5. The monoisotopic (exact) mass is 393 g/mol. The van der Waals surface area contributed by atoms with Gasteiger partial charge in [-0.2, -0.15) is 4.31 Å². The average molecular weight is 394 g/mol. The van der Waals surface area contributed by atoms with E-state index < -0.39 is 10.0 Å². The Morgan fingerprint density at radius 2 is 1.54 bits per heavy atom. The van der Waals surface area contributed by atoms with Gasteiger partial charge in [-0.15, -0.1) is 0 Å². The fourth-order valence-electron chi connectivity index (χ4n) is 2.90. The topological polar surface area (TPSA) is 69.7 Å². The van der Waals surface area contributed by atoms with E-state index in [2.05, 4.69) is 10.2 Å². The summed E-state index contributed by atoms with van der Waals surface area (Å²) < 4.78 is 26.9. The summed E-state index contributed by atoms with van der Waals surface area (Å²) in [4.78, 5) is 13.5. The number of piperazine rings is 1. The minimum Gasteiger partial charge on any atom is -0.369 e. The molecule has 0 aromatic heterocycles. The van der Waals surface area contributed by atoms with Crippen LogP contribution in [0.4, 0.5) is 11.4 Å². The van der Waals surface area contributed by atoms with Crippen molar-refractivity contribution in [3.8, 4) is 0 Å². The minimum absolute atomic E-state index is 0.112. The third kappa shape index (κ3) is 4.17. The highest BCUT2D eigenvalue weighted by molar-refractivity contribution is 7.89. The molecule has 0 aliphatic carbocycles. The summed E-state index contributed by atoms with van der Waals surface area (Å²) in [5, 5.41) is 3.24. The van der Waals surface area contributed by atoms with Gasteiger partial charge in [0.15, 0.2) is 0 Å². The molecule has 1 heterocycles. The van der Waals surface area contributed by atoms with Crippen LogP contribution in [0.5, 0.6) is 0 Å². The average Bonchev–Trinajstić information content (AvgIpc) is 2.62. The SMILES string of the molecule is CC(=O)Nc1ccc(N2CCN(S(=O)(=O)c3ccc(Cl)cc3)CC2)cc1. The van der Waals surface area contributed by atoms with Crippen molar-refractivity contribution < 1.29 is 13.2 Å². The van der Waals surface area contributed by atoms with Crippen LogP contribution in [0.1, 0.15) is 6.92 Å². The summed E-state index contributed by atoms with van der Waals surface area (Å²) in [6, 6.07) is 13.8. The second-order valence-corrected chi connectivity index (χ2v) is 8.45. The Kier molecular flexibility index (Phi) is 5.50. The van der Waals surface area contributed by atoms with Gasteiger partial charge in [0.2, 0.25) is 15.9 Å². The van der Waals surface area contributed by atoms with E-state index in [0.717, 1.165) is 11.4 Å². The zero-order valence-electron chi connectivity index (χ0n) is 14.4. The normalized spacial score (nSPS) is 15.7. The lowest BCUT2D eigenvalue weighted by molar-refractivity contribution is -0.114. The van der Waals surface area contributed by atoms with Gasteiger partial charge in [0.05, 0.1) is 4.90 Å². The Labute approximate surface area is 158 Å². The highest BCUT2D eigenvalue weighted by Gasteiger charge is 2.28. The second-order valence-electron chi connectivity index (χ2n) is 6.07. The van der Waals surface area contributed by atoms with Crippen molar-refractivity contribution in [2.45, 2.75) is 11.8 Å². The lowest BCUT2D eigenvalue weighted by atomic mass is 10.2. The number of carbonyl (C=O) groups is 1. The molecule has 0 unspecified atom stereocenters. The maximum absolute atomic E-state index is 12.7. The van der Waals surface area contributed by atoms with Crippen LogP contribution >= 0.6 is 11.6 Å². The third-order valence-electron chi connectivity index (χ3n) is 4.24. The van der Waals surface area contributed by atoms with E-state index in [0.29, 0.717) is 31.2 Å². The molecular weight excluding hydrogens is 374 g/mol. The summed E-state index contributed by atoms with van der Waals surface area (Å²) >= 11 is 5.84. The first-order valence-corrected chi connectivity index (χ1v) is 10.1. The van der Waals surface area contributed by atoms with Crippen molar-refractivity contribution in [3.05, 3.63) is 53.6 Å². The molecule has 0 atom stereocenters. The molecule has 1 aliphatic rings. The molecule has 1 N–H and O–H groups in total. The van der Waals surface area contributed by atoms with E-state index in [4.69, 9.17) is 11.6 Å².